The first-order valence-electron chi connectivity index (χ1n) is 7.77. The maximum absolute atomic E-state index is 10.2. The minimum Gasteiger partial charge on any atom is -0.390 e. The van der Waals surface area contributed by atoms with Gasteiger partial charge >= 0.3 is 0 Å². The summed E-state index contributed by atoms with van der Waals surface area (Å²) in [5, 5.41) is 10.2. The molecule has 0 aromatic rings. The van der Waals surface area contributed by atoms with Crippen molar-refractivity contribution in [2.45, 2.75) is 62.7 Å². The van der Waals surface area contributed by atoms with E-state index in [1.165, 1.54) is 30.8 Å². The Hall–Kier alpha value is 0.230. The second-order valence-electron chi connectivity index (χ2n) is 6.87. The Morgan fingerprint density at radius 3 is 2.95 bits per heavy atom. The highest BCUT2D eigenvalue weighted by molar-refractivity contribution is 7.99. The first-order valence-corrected chi connectivity index (χ1v) is 8.92. The van der Waals surface area contributed by atoms with Gasteiger partial charge in [-0.25, -0.2) is 0 Å². The van der Waals surface area contributed by atoms with Crippen molar-refractivity contribution >= 4 is 11.8 Å². The number of hydrogen-bond acceptors (Lipinski definition) is 4. The number of hydrogen-bond donors (Lipinski definition) is 1. The number of likely N-dealkylation sites (tertiary alicyclic amines) is 1. The molecule has 0 radical (unpaired) electrons. The molecule has 4 heteroatoms. The monoisotopic (exact) mass is 285 g/mol. The summed E-state index contributed by atoms with van der Waals surface area (Å²) in [6, 6.07) is 0.682. The van der Waals surface area contributed by atoms with Crippen LogP contribution in [-0.4, -0.2) is 58.5 Å². The van der Waals surface area contributed by atoms with E-state index in [1.54, 1.807) is 0 Å². The summed E-state index contributed by atoms with van der Waals surface area (Å²) in [5.41, 5.74) is -0.261. The molecular formula is C15H27NO2S. The Labute approximate surface area is 121 Å². The molecule has 110 valence electrons. The lowest BCUT2D eigenvalue weighted by Gasteiger charge is -2.42. The van der Waals surface area contributed by atoms with E-state index in [9.17, 15) is 5.11 Å². The summed E-state index contributed by atoms with van der Waals surface area (Å²) in [5.74, 6) is 2.45. The summed E-state index contributed by atoms with van der Waals surface area (Å²) < 4.78 is 6.12. The van der Waals surface area contributed by atoms with Gasteiger partial charge in [0.05, 0.1) is 11.2 Å². The Kier molecular flexibility index (Phi) is 4.14. The number of thioether (sulfide) groups is 1. The Morgan fingerprint density at radius 1 is 1.26 bits per heavy atom. The predicted octanol–water partition coefficient (Wildman–Crippen LogP) is 2.28. The Morgan fingerprint density at radius 2 is 2.16 bits per heavy atom. The maximum Gasteiger partial charge on any atom is 0.0795 e. The van der Waals surface area contributed by atoms with Gasteiger partial charge in [-0.05, 0) is 57.7 Å². The summed E-state index contributed by atoms with van der Waals surface area (Å²) in [6.07, 6.45) is 6.63. The smallest absolute Gasteiger partial charge is 0.0795 e. The van der Waals surface area contributed by atoms with Gasteiger partial charge in [0.1, 0.15) is 0 Å². The molecule has 0 aliphatic carbocycles. The first-order chi connectivity index (χ1) is 9.09. The van der Waals surface area contributed by atoms with Crippen LogP contribution in [0, 0.1) is 0 Å². The molecule has 19 heavy (non-hydrogen) atoms. The van der Waals surface area contributed by atoms with Gasteiger partial charge in [0.15, 0.2) is 0 Å². The fraction of sp³-hybridized carbons (Fsp3) is 1.00. The molecule has 3 aliphatic rings. The zero-order valence-electron chi connectivity index (χ0n) is 12.1. The maximum atomic E-state index is 10.2. The quantitative estimate of drug-likeness (QED) is 0.801. The second kappa shape index (κ2) is 5.55. The summed E-state index contributed by atoms with van der Waals surface area (Å²) in [6.45, 7) is 5.14. The second-order valence-corrected chi connectivity index (χ2v) is 7.97. The molecule has 0 bridgehead atoms. The molecule has 1 spiro atoms. The van der Waals surface area contributed by atoms with Crippen LogP contribution < -0.4 is 0 Å². The van der Waals surface area contributed by atoms with Crippen molar-refractivity contribution in [1.29, 1.82) is 0 Å². The first kappa shape index (κ1) is 14.2. The summed E-state index contributed by atoms with van der Waals surface area (Å²) >= 11 is 2.05. The van der Waals surface area contributed by atoms with Gasteiger partial charge in [-0.1, -0.05) is 0 Å². The highest BCUT2D eigenvalue weighted by Crippen LogP contribution is 2.40. The number of aliphatic hydroxyl groups is 1. The van der Waals surface area contributed by atoms with Crippen molar-refractivity contribution in [3.05, 3.63) is 0 Å². The molecule has 3 saturated heterocycles. The van der Waals surface area contributed by atoms with E-state index in [-0.39, 0.29) is 5.60 Å². The lowest BCUT2D eigenvalue weighted by atomic mass is 9.89. The molecule has 3 heterocycles. The molecule has 3 fully saturated rings. The van der Waals surface area contributed by atoms with Crippen LogP contribution >= 0.6 is 11.8 Å². The molecule has 0 saturated carbocycles. The fourth-order valence-electron chi connectivity index (χ4n) is 3.83. The molecule has 3 nitrogen and oxygen atoms in total. The van der Waals surface area contributed by atoms with Crippen molar-refractivity contribution in [2.75, 3.05) is 31.2 Å². The molecule has 3 unspecified atom stereocenters. The van der Waals surface area contributed by atoms with Crippen LogP contribution in [0.5, 0.6) is 0 Å². The van der Waals surface area contributed by atoms with Gasteiger partial charge in [-0.3, -0.25) is 0 Å². The van der Waals surface area contributed by atoms with Crippen LogP contribution in [-0.2, 0) is 4.74 Å². The predicted molar refractivity (Wildman–Crippen MR) is 79.7 cm³/mol. The molecule has 3 atom stereocenters. The van der Waals surface area contributed by atoms with Crippen LogP contribution in [0.15, 0.2) is 0 Å². The summed E-state index contributed by atoms with van der Waals surface area (Å²) in [7, 11) is 0. The van der Waals surface area contributed by atoms with E-state index < -0.39 is 5.60 Å². The summed E-state index contributed by atoms with van der Waals surface area (Å²) in [4.78, 5) is 2.63. The SMILES string of the molecule is CC1(O)CCCN(C2CCOC3(CCSC3)C2)CC1. The van der Waals surface area contributed by atoms with Gasteiger partial charge in [0.2, 0.25) is 0 Å². The minimum absolute atomic E-state index is 0.183. The van der Waals surface area contributed by atoms with Crippen molar-refractivity contribution in [2.24, 2.45) is 0 Å². The van der Waals surface area contributed by atoms with Gasteiger partial charge in [0.25, 0.3) is 0 Å². The highest BCUT2D eigenvalue weighted by atomic mass is 32.2. The molecule has 3 rings (SSSR count). The molecule has 0 amide bonds. The topological polar surface area (TPSA) is 32.7 Å². The van der Waals surface area contributed by atoms with Gasteiger partial charge in [-0.15, -0.1) is 0 Å². The van der Waals surface area contributed by atoms with Crippen molar-refractivity contribution < 1.29 is 9.84 Å². The zero-order chi connectivity index (χ0) is 13.3. The third-order valence-electron chi connectivity index (χ3n) is 5.15. The van der Waals surface area contributed by atoms with E-state index in [0.717, 1.165) is 39.0 Å². The largest absolute Gasteiger partial charge is 0.390 e. The van der Waals surface area contributed by atoms with E-state index in [0.29, 0.717) is 6.04 Å². The van der Waals surface area contributed by atoms with Crippen molar-refractivity contribution in [3.8, 4) is 0 Å². The van der Waals surface area contributed by atoms with Crippen LogP contribution in [0.1, 0.15) is 45.4 Å². The normalized spacial score (nSPS) is 45.5. The van der Waals surface area contributed by atoms with Crippen molar-refractivity contribution in [1.82, 2.24) is 4.90 Å². The standard InChI is InChI=1S/C15H27NO2S/c1-14(17)4-2-7-16(8-5-14)13-3-9-18-15(11-13)6-10-19-12-15/h13,17H,2-12H2,1H3. The van der Waals surface area contributed by atoms with Gasteiger partial charge in [-0.2, -0.15) is 11.8 Å². The number of rotatable bonds is 1. The Balaban J connectivity index is 1.62. The van der Waals surface area contributed by atoms with Gasteiger partial charge in [0, 0.05) is 24.9 Å². The molecular weight excluding hydrogens is 258 g/mol. The van der Waals surface area contributed by atoms with E-state index in [2.05, 4.69) is 4.90 Å². The molecule has 0 aromatic carbocycles. The van der Waals surface area contributed by atoms with Crippen LogP contribution in [0.4, 0.5) is 0 Å². The van der Waals surface area contributed by atoms with Crippen LogP contribution in [0.3, 0.4) is 0 Å². The minimum atomic E-state index is -0.444. The lowest BCUT2D eigenvalue weighted by Crippen LogP contribution is -2.49. The third-order valence-corrected chi connectivity index (χ3v) is 6.37. The Bertz CT molecular complexity index is 315. The number of ether oxygens (including phenoxy) is 1. The van der Waals surface area contributed by atoms with E-state index in [4.69, 9.17) is 4.74 Å². The zero-order valence-corrected chi connectivity index (χ0v) is 12.9. The molecule has 0 aromatic heterocycles. The molecule has 1 N–H and O–H groups in total. The average molecular weight is 285 g/mol. The van der Waals surface area contributed by atoms with Crippen molar-refractivity contribution in [3.63, 3.8) is 0 Å². The average Bonchev–Trinajstić information content (AvgIpc) is 2.72. The highest BCUT2D eigenvalue weighted by Gasteiger charge is 2.42. The van der Waals surface area contributed by atoms with E-state index >= 15 is 0 Å². The van der Waals surface area contributed by atoms with Crippen LogP contribution in [0.25, 0.3) is 0 Å². The van der Waals surface area contributed by atoms with Gasteiger partial charge < -0.3 is 14.7 Å². The number of nitrogens with zero attached hydrogens (tertiary/aromatic N) is 1. The van der Waals surface area contributed by atoms with Crippen LogP contribution in [0.2, 0.25) is 0 Å². The lowest BCUT2D eigenvalue weighted by molar-refractivity contribution is -0.0897. The third kappa shape index (κ3) is 3.29. The fourth-order valence-corrected chi connectivity index (χ4v) is 5.20. The molecule has 3 aliphatic heterocycles. The van der Waals surface area contributed by atoms with E-state index in [1.807, 2.05) is 18.7 Å².